The minimum absolute atomic E-state index is 0.349. The SMILES string of the molecule is Nc1c(C(=O)Nc2c(Cl)cccc2Cl)sc2nnccc12. The summed E-state index contributed by atoms with van der Waals surface area (Å²) in [5.41, 5.74) is 6.71. The first-order chi connectivity index (χ1) is 10.1. The fraction of sp³-hybridized carbons (Fsp3) is 0. The predicted molar refractivity (Wildman–Crippen MR) is 86.2 cm³/mol. The minimum atomic E-state index is -0.384. The molecule has 0 aliphatic carbocycles. The summed E-state index contributed by atoms with van der Waals surface area (Å²) in [6, 6.07) is 6.70. The Morgan fingerprint density at radius 2 is 1.95 bits per heavy atom. The van der Waals surface area contributed by atoms with Gasteiger partial charge in [0.1, 0.15) is 9.71 Å². The quantitative estimate of drug-likeness (QED) is 0.743. The standard InChI is InChI=1S/C13H8Cl2N4OS/c14-7-2-1-3-8(15)10(7)18-12(20)11-9(16)6-4-5-17-19-13(6)21-11/h1-5H,16H2,(H,18,20). The van der Waals surface area contributed by atoms with Gasteiger partial charge in [0, 0.05) is 5.39 Å². The molecule has 106 valence electrons. The second-order valence-electron chi connectivity index (χ2n) is 4.15. The molecule has 0 fully saturated rings. The van der Waals surface area contributed by atoms with Gasteiger partial charge in [-0.1, -0.05) is 29.3 Å². The summed E-state index contributed by atoms with van der Waals surface area (Å²) in [6.07, 6.45) is 1.53. The second-order valence-corrected chi connectivity index (χ2v) is 5.96. The number of nitrogen functional groups attached to an aromatic ring is 1. The summed E-state index contributed by atoms with van der Waals surface area (Å²) in [4.78, 5) is 13.3. The van der Waals surface area contributed by atoms with E-state index in [0.717, 1.165) is 0 Å². The minimum Gasteiger partial charge on any atom is -0.397 e. The first-order valence-electron chi connectivity index (χ1n) is 5.83. The van der Waals surface area contributed by atoms with Crippen molar-refractivity contribution in [3.05, 3.63) is 45.4 Å². The van der Waals surface area contributed by atoms with Gasteiger partial charge in [-0.3, -0.25) is 4.79 Å². The van der Waals surface area contributed by atoms with Crippen LogP contribution >= 0.6 is 34.5 Å². The highest BCUT2D eigenvalue weighted by atomic mass is 35.5. The number of carbonyl (C=O) groups is 1. The molecule has 2 heterocycles. The molecule has 0 radical (unpaired) electrons. The van der Waals surface area contributed by atoms with E-state index < -0.39 is 0 Å². The lowest BCUT2D eigenvalue weighted by Crippen LogP contribution is -2.12. The fourth-order valence-corrected chi connectivity index (χ4v) is 3.25. The highest BCUT2D eigenvalue weighted by Crippen LogP contribution is 2.34. The van der Waals surface area contributed by atoms with Crippen LogP contribution in [0.1, 0.15) is 9.67 Å². The number of rotatable bonds is 2. The number of carbonyl (C=O) groups excluding carboxylic acids is 1. The fourth-order valence-electron chi connectivity index (χ4n) is 1.83. The van der Waals surface area contributed by atoms with Crippen molar-refractivity contribution < 1.29 is 4.79 Å². The molecule has 1 amide bonds. The molecule has 2 aromatic heterocycles. The zero-order valence-electron chi connectivity index (χ0n) is 10.4. The van der Waals surface area contributed by atoms with Gasteiger partial charge in [-0.2, -0.15) is 5.10 Å². The van der Waals surface area contributed by atoms with Gasteiger partial charge in [0.25, 0.3) is 5.91 Å². The van der Waals surface area contributed by atoms with Crippen molar-refractivity contribution in [2.24, 2.45) is 0 Å². The Balaban J connectivity index is 2.00. The average Bonchev–Trinajstić information content (AvgIpc) is 2.81. The molecule has 0 bridgehead atoms. The normalized spacial score (nSPS) is 10.8. The summed E-state index contributed by atoms with van der Waals surface area (Å²) in [5, 5.41) is 11.8. The van der Waals surface area contributed by atoms with Gasteiger partial charge in [0.2, 0.25) is 0 Å². The average molecular weight is 339 g/mol. The number of benzene rings is 1. The first kappa shape index (κ1) is 14.1. The Bertz CT molecular complexity index is 829. The monoisotopic (exact) mass is 338 g/mol. The van der Waals surface area contributed by atoms with E-state index in [0.29, 0.717) is 36.5 Å². The lowest BCUT2D eigenvalue weighted by molar-refractivity contribution is 0.103. The van der Waals surface area contributed by atoms with Gasteiger partial charge in [-0.25, -0.2) is 0 Å². The van der Waals surface area contributed by atoms with Crippen LogP contribution in [0.4, 0.5) is 11.4 Å². The summed E-state index contributed by atoms with van der Waals surface area (Å²) < 4.78 is 0. The maximum absolute atomic E-state index is 12.4. The van der Waals surface area contributed by atoms with Gasteiger partial charge in [-0.15, -0.1) is 16.4 Å². The molecule has 3 N–H and O–H groups in total. The van der Waals surface area contributed by atoms with E-state index in [1.807, 2.05) is 0 Å². The molecular formula is C13H8Cl2N4OS. The van der Waals surface area contributed by atoms with Gasteiger partial charge < -0.3 is 11.1 Å². The van der Waals surface area contributed by atoms with E-state index in [9.17, 15) is 4.79 Å². The summed E-state index contributed by atoms with van der Waals surface area (Å²) in [7, 11) is 0. The number of nitrogens with zero attached hydrogens (tertiary/aromatic N) is 2. The molecule has 21 heavy (non-hydrogen) atoms. The summed E-state index contributed by atoms with van der Waals surface area (Å²) in [5.74, 6) is -0.384. The second kappa shape index (κ2) is 5.48. The van der Waals surface area contributed by atoms with Crippen molar-refractivity contribution in [1.29, 1.82) is 0 Å². The first-order valence-corrected chi connectivity index (χ1v) is 7.40. The number of nitrogens with two attached hydrogens (primary N) is 1. The van der Waals surface area contributed by atoms with E-state index in [4.69, 9.17) is 28.9 Å². The number of para-hydroxylation sites is 1. The van der Waals surface area contributed by atoms with Crippen LogP contribution in [0.2, 0.25) is 10.0 Å². The lowest BCUT2D eigenvalue weighted by atomic mass is 10.2. The third-order valence-corrected chi connectivity index (χ3v) is 4.56. The van der Waals surface area contributed by atoms with E-state index in [1.54, 1.807) is 24.3 Å². The number of halogens is 2. The van der Waals surface area contributed by atoms with Crippen molar-refractivity contribution in [2.75, 3.05) is 11.1 Å². The zero-order valence-corrected chi connectivity index (χ0v) is 12.8. The van der Waals surface area contributed by atoms with Gasteiger partial charge in [0.05, 0.1) is 27.6 Å². The largest absolute Gasteiger partial charge is 0.397 e. The zero-order chi connectivity index (χ0) is 15.0. The predicted octanol–water partition coefficient (Wildman–Crippen LogP) is 3.83. The maximum Gasteiger partial charge on any atom is 0.268 e. The molecule has 1 aromatic carbocycles. The van der Waals surface area contributed by atoms with Crippen molar-refractivity contribution in [3.8, 4) is 0 Å². The Hall–Kier alpha value is -1.89. The van der Waals surface area contributed by atoms with Gasteiger partial charge >= 0.3 is 0 Å². The van der Waals surface area contributed by atoms with Gasteiger partial charge in [-0.05, 0) is 18.2 Å². The van der Waals surface area contributed by atoms with Gasteiger partial charge in [0.15, 0.2) is 0 Å². The van der Waals surface area contributed by atoms with E-state index in [-0.39, 0.29) is 5.91 Å². The van der Waals surface area contributed by atoms with Crippen molar-refractivity contribution >= 4 is 62.0 Å². The van der Waals surface area contributed by atoms with E-state index >= 15 is 0 Å². The number of thiophene rings is 1. The summed E-state index contributed by atoms with van der Waals surface area (Å²) in [6.45, 7) is 0. The Morgan fingerprint density at radius 3 is 2.62 bits per heavy atom. The van der Waals surface area contributed by atoms with Crippen LogP contribution < -0.4 is 11.1 Å². The molecule has 0 aliphatic rings. The van der Waals surface area contributed by atoms with Crippen molar-refractivity contribution in [1.82, 2.24) is 10.2 Å². The highest BCUT2D eigenvalue weighted by molar-refractivity contribution is 7.21. The van der Waals surface area contributed by atoms with Crippen LogP contribution in [0.25, 0.3) is 10.2 Å². The van der Waals surface area contributed by atoms with E-state index in [1.165, 1.54) is 17.5 Å². The smallest absolute Gasteiger partial charge is 0.268 e. The number of hydrogen-bond acceptors (Lipinski definition) is 5. The highest BCUT2D eigenvalue weighted by Gasteiger charge is 2.19. The topological polar surface area (TPSA) is 80.9 Å². The van der Waals surface area contributed by atoms with Crippen LogP contribution in [0, 0.1) is 0 Å². The molecule has 0 saturated carbocycles. The third-order valence-electron chi connectivity index (χ3n) is 2.83. The molecule has 0 atom stereocenters. The summed E-state index contributed by atoms with van der Waals surface area (Å²) >= 11 is 13.2. The Morgan fingerprint density at radius 1 is 1.24 bits per heavy atom. The molecule has 3 aromatic rings. The number of nitrogens with one attached hydrogen (secondary N) is 1. The molecular weight excluding hydrogens is 331 g/mol. The van der Waals surface area contributed by atoms with Crippen LogP contribution in [0.15, 0.2) is 30.5 Å². The van der Waals surface area contributed by atoms with Crippen molar-refractivity contribution in [3.63, 3.8) is 0 Å². The van der Waals surface area contributed by atoms with Crippen LogP contribution in [0.3, 0.4) is 0 Å². The number of amides is 1. The number of fused-ring (bicyclic) bond motifs is 1. The number of anilines is 2. The molecule has 5 nitrogen and oxygen atoms in total. The maximum atomic E-state index is 12.4. The lowest BCUT2D eigenvalue weighted by Gasteiger charge is -2.08. The molecule has 0 saturated heterocycles. The Labute approximate surface area is 133 Å². The molecule has 8 heteroatoms. The van der Waals surface area contributed by atoms with Crippen LogP contribution in [-0.2, 0) is 0 Å². The van der Waals surface area contributed by atoms with Crippen LogP contribution in [0.5, 0.6) is 0 Å². The van der Waals surface area contributed by atoms with Crippen molar-refractivity contribution in [2.45, 2.75) is 0 Å². The molecule has 0 spiro atoms. The number of aromatic nitrogens is 2. The molecule has 0 unspecified atom stereocenters. The number of hydrogen-bond donors (Lipinski definition) is 2. The third kappa shape index (κ3) is 2.53. The van der Waals surface area contributed by atoms with Crippen LogP contribution in [-0.4, -0.2) is 16.1 Å². The molecule has 0 aliphatic heterocycles. The molecule has 3 rings (SSSR count). The Kier molecular flexibility index (Phi) is 3.67. The van der Waals surface area contributed by atoms with E-state index in [2.05, 4.69) is 15.5 Å².